The summed E-state index contributed by atoms with van der Waals surface area (Å²) in [5, 5.41) is 6.60. The first-order chi connectivity index (χ1) is 10.3. The maximum absolute atomic E-state index is 5.87. The van der Waals surface area contributed by atoms with Gasteiger partial charge in [0, 0.05) is 18.2 Å². The summed E-state index contributed by atoms with van der Waals surface area (Å²) in [5.74, 6) is 2.38. The van der Waals surface area contributed by atoms with E-state index >= 15 is 0 Å². The summed E-state index contributed by atoms with van der Waals surface area (Å²) in [5.41, 5.74) is -0.0299. The van der Waals surface area contributed by atoms with E-state index in [0.717, 1.165) is 24.0 Å². The highest BCUT2D eigenvalue weighted by atomic mass is 127. The fourth-order valence-electron chi connectivity index (χ4n) is 1.83. The molecule has 0 aliphatic carbocycles. The normalized spacial score (nSPS) is 12.9. The zero-order chi connectivity index (χ0) is 16.6. The molecule has 0 saturated carbocycles. The number of methoxy groups -OCH3 is 1. The third kappa shape index (κ3) is 9.53. The molecular weight excluding hydrogens is 405 g/mol. The van der Waals surface area contributed by atoms with Crippen LogP contribution in [0.15, 0.2) is 29.3 Å². The van der Waals surface area contributed by atoms with Gasteiger partial charge < -0.3 is 20.1 Å². The Bertz CT molecular complexity index is 487. The van der Waals surface area contributed by atoms with Crippen molar-refractivity contribution >= 4 is 29.9 Å². The molecular formula is C17H30IN3O2. The van der Waals surface area contributed by atoms with E-state index in [-0.39, 0.29) is 35.6 Å². The number of aliphatic imine (C=N–C) groups is 1. The Morgan fingerprint density at radius 2 is 1.91 bits per heavy atom. The summed E-state index contributed by atoms with van der Waals surface area (Å²) in [6.07, 6.45) is -0.0254. The number of hydrogen-bond donors (Lipinski definition) is 2. The standard InChI is InChI=1S/C17H29N3O2.HI/c1-7-18-16(20-17(3,4)5)19-12-13(2)22-15-10-8-9-14(11-15)21-6;/h8-11,13H,7,12H2,1-6H3,(H2,18,19,20);1H. The molecule has 6 heteroatoms. The van der Waals surface area contributed by atoms with Crippen molar-refractivity contribution in [1.82, 2.24) is 10.6 Å². The first kappa shape index (κ1) is 21.8. The molecule has 0 heterocycles. The minimum absolute atomic E-state index is 0. The quantitative estimate of drug-likeness (QED) is 0.409. The molecule has 1 aromatic carbocycles. The van der Waals surface area contributed by atoms with E-state index < -0.39 is 0 Å². The second-order valence-corrected chi connectivity index (χ2v) is 6.20. The smallest absolute Gasteiger partial charge is 0.191 e. The SMILES string of the molecule is CCNC(=NCC(C)Oc1cccc(OC)c1)NC(C)(C)C.I. The largest absolute Gasteiger partial charge is 0.497 e. The number of halogens is 1. The number of ether oxygens (including phenoxy) is 2. The van der Waals surface area contributed by atoms with Crippen LogP contribution in [-0.4, -0.2) is 37.8 Å². The minimum atomic E-state index is -0.0299. The molecule has 0 saturated heterocycles. The average molecular weight is 435 g/mol. The molecule has 0 aliphatic rings. The van der Waals surface area contributed by atoms with Crippen LogP contribution in [0.25, 0.3) is 0 Å². The molecule has 23 heavy (non-hydrogen) atoms. The lowest BCUT2D eigenvalue weighted by Crippen LogP contribution is -2.47. The van der Waals surface area contributed by atoms with Crippen LogP contribution in [0, 0.1) is 0 Å². The Balaban J connectivity index is 0.00000484. The van der Waals surface area contributed by atoms with Crippen LogP contribution >= 0.6 is 24.0 Å². The lowest BCUT2D eigenvalue weighted by molar-refractivity contribution is 0.229. The lowest BCUT2D eigenvalue weighted by Gasteiger charge is -2.24. The van der Waals surface area contributed by atoms with Gasteiger partial charge in [0.1, 0.15) is 17.6 Å². The van der Waals surface area contributed by atoms with Crippen LogP contribution < -0.4 is 20.1 Å². The molecule has 0 bridgehead atoms. The summed E-state index contributed by atoms with van der Waals surface area (Å²) >= 11 is 0. The number of guanidine groups is 1. The van der Waals surface area contributed by atoms with Crippen LogP contribution in [0.5, 0.6) is 11.5 Å². The molecule has 0 fully saturated rings. The highest BCUT2D eigenvalue weighted by Gasteiger charge is 2.12. The third-order valence-corrected chi connectivity index (χ3v) is 2.72. The zero-order valence-corrected chi connectivity index (χ0v) is 17.3. The van der Waals surface area contributed by atoms with Gasteiger partial charge in [0.2, 0.25) is 0 Å². The van der Waals surface area contributed by atoms with Crippen molar-refractivity contribution in [1.29, 1.82) is 0 Å². The molecule has 0 amide bonds. The summed E-state index contributed by atoms with van der Waals surface area (Å²) < 4.78 is 11.1. The number of hydrogen-bond acceptors (Lipinski definition) is 3. The van der Waals surface area contributed by atoms with Crippen LogP contribution in [0.1, 0.15) is 34.6 Å². The van der Waals surface area contributed by atoms with E-state index in [1.807, 2.05) is 31.2 Å². The summed E-state index contributed by atoms with van der Waals surface area (Å²) in [7, 11) is 1.65. The Morgan fingerprint density at radius 1 is 1.26 bits per heavy atom. The monoisotopic (exact) mass is 435 g/mol. The van der Waals surface area contributed by atoms with E-state index in [0.29, 0.717) is 6.54 Å². The van der Waals surface area contributed by atoms with Crippen molar-refractivity contribution in [2.24, 2.45) is 4.99 Å². The van der Waals surface area contributed by atoms with Crippen molar-refractivity contribution in [2.45, 2.75) is 46.3 Å². The number of benzene rings is 1. The first-order valence-corrected chi connectivity index (χ1v) is 7.71. The van der Waals surface area contributed by atoms with Crippen molar-refractivity contribution < 1.29 is 9.47 Å². The molecule has 0 radical (unpaired) electrons. The predicted octanol–water partition coefficient (Wildman–Crippen LogP) is 3.43. The minimum Gasteiger partial charge on any atom is -0.497 e. The van der Waals surface area contributed by atoms with Gasteiger partial charge in [-0.1, -0.05) is 6.07 Å². The predicted molar refractivity (Wildman–Crippen MR) is 107 cm³/mol. The number of nitrogens with zero attached hydrogens (tertiary/aromatic N) is 1. The topological polar surface area (TPSA) is 54.9 Å². The molecule has 5 nitrogen and oxygen atoms in total. The molecule has 0 aliphatic heterocycles. The molecule has 1 unspecified atom stereocenters. The van der Waals surface area contributed by atoms with Gasteiger partial charge in [-0.25, -0.2) is 4.99 Å². The molecule has 2 N–H and O–H groups in total. The van der Waals surface area contributed by atoms with Crippen LogP contribution in [-0.2, 0) is 0 Å². The maximum Gasteiger partial charge on any atom is 0.191 e. The highest BCUT2D eigenvalue weighted by molar-refractivity contribution is 14.0. The van der Waals surface area contributed by atoms with Crippen molar-refractivity contribution in [3.63, 3.8) is 0 Å². The van der Waals surface area contributed by atoms with E-state index in [4.69, 9.17) is 9.47 Å². The van der Waals surface area contributed by atoms with Crippen molar-refractivity contribution in [2.75, 3.05) is 20.2 Å². The van der Waals surface area contributed by atoms with Gasteiger partial charge in [-0.15, -0.1) is 24.0 Å². The lowest BCUT2D eigenvalue weighted by atomic mass is 10.1. The maximum atomic E-state index is 5.87. The highest BCUT2D eigenvalue weighted by Crippen LogP contribution is 2.19. The van der Waals surface area contributed by atoms with Gasteiger partial charge in [0.15, 0.2) is 5.96 Å². The second kappa shape index (κ2) is 10.6. The second-order valence-electron chi connectivity index (χ2n) is 6.20. The molecule has 0 aromatic heterocycles. The zero-order valence-electron chi connectivity index (χ0n) is 15.0. The Morgan fingerprint density at radius 3 is 2.48 bits per heavy atom. The molecule has 132 valence electrons. The summed E-state index contributed by atoms with van der Waals surface area (Å²) in [4.78, 5) is 4.58. The van der Waals surface area contributed by atoms with E-state index in [1.165, 1.54) is 0 Å². The van der Waals surface area contributed by atoms with E-state index in [9.17, 15) is 0 Å². The fourth-order valence-corrected chi connectivity index (χ4v) is 1.83. The van der Waals surface area contributed by atoms with Gasteiger partial charge in [-0.2, -0.15) is 0 Å². The molecule has 0 spiro atoms. The van der Waals surface area contributed by atoms with Gasteiger partial charge >= 0.3 is 0 Å². The number of rotatable bonds is 6. The molecule has 1 rings (SSSR count). The van der Waals surface area contributed by atoms with E-state index in [1.54, 1.807) is 7.11 Å². The van der Waals surface area contributed by atoms with Gasteiger partial charge in [0.05, 0.1) is 13.7 Å². The van der Waals surface area contributed by atoms with Gasteiger partial charge in [-0.05, 0) is 46.8 Å². The first-order valence-electron chi connectivity index (χ1n) is 7.71. The van der Waals surface area contributed by atoms with Crippen molar-refractivity contribution in [3.05, 3.63) is 24.3 Å². The Labute approximate surface area is 157 Å². The summed E-state index contributed by atoms with van der Waals surface area (Å²) in [6.45, 7) is 11.8. The van der Waals surface area contributed by atoms with Crippen LogP contribution in [0.4, 0.5) is 0 Å². The van der Waals surface area contributed by atoms with E-state index in [2.05, 4.69) is 43.3 Å². The van der Waals surface area contributed by atoms with Crippen LogP contribution in [0.2, 0.25) is 0 Å². The van der Waals surface area contributed by atoms with Crippen molar-refractivity contribution in [3.8, 4) is 11.5 Å². The Hall–Kier alpha value is -1.18. The van der Waals surface area contributed by atoms with Crippen LogP contribution in [0.3, 0.4) is 0 Å². The Kier molecular flexibility index (Phi) is 10.0. The average Bonchev–Trinajstić information content (AvgIpc) is 2.44. The molecule has 1 aromatic rings. The third-order valence-electron chi connectivity index (χ3n) is 2.72. The fraction of sp³-hybridized carbons (Fsp3) is 0.588. The summed E-state index contributed by atoms with van der Waals surface area (Å²) in [6, 6.07) is 7.60. The van der Waals surface area contributed by atoms with Gasteiger partial charge in [-0.3, -0.25) is 0 Å². The number of nitrogens with one attached hydrogen (secondary N) is 2. The van der Waals surface area contributed by atoms with Gasteiger partial charge in [0.25, 0.3) is 0 Å². The molecule has 1 atom stereocenters.